The summed E-state index contributed by atoms with van der Waals surface area (Å²) in [7, 11) is 0. The van der Waals surface area contributed by atoms with Gasteiger partial charge in [-0.3, -0.25) is 0 Å². The maximum Gasteiger partial charge on any atom is 0 e. The van der Waals surface area contributed by atoms with Gasteiger partial charge in [-0.05, 0) is 0 Å². The van der Waals surface area contributed by atoms with Gasteiger partial charge in [0.1, 0.15) is 0 Å². The molecule has 3 radical (unpaired) electrons. The van der Waals surface area contributed by atoms with Crippen molar-refractivity contribution in [2.75, 3.05) is 0 Å². The summed E-state index contributed by atoms with van der Waals surface area (Å²) in [5.74, 6) is 0. The minimum Gasteiger partial charge on any atom is -0.653 e. The van der Waals surface area contributed by atoms with Crippen LogP contribution in [0, 0.1) is 0 Å². The molecule has 0 aliphatic rings. The normalized spacial score (nSPS) is 12.6. The van der Waals surface area contributed by atoms with E-state index in [0.717, 1.165) is 0 Å². The zero-order valence-electron chi connectivity index (χ0n) is 8.02. The summed E-state index contributed by atoms with van der Waals surface area (Å²) in [6.45, 7) is 12.7. The first-order valence-electron chi connectivity index (χ1n) is 3.45. The van der Waals surface area contributed by atoms with Gasteiger partial charge in [-0.2, -0.15) is 0 Å². The maximum absolute atomic E-state index is 4.54. The number of hydrogen-bond donors (Lipinski definition) is 0. The molecule has 63 valence electrons. The Labute approximate surface area is 81.0 Å². The van der Waals surface area contributed by atoms with E-state index < -0.39 is 0 Å². The summed E-state index contributed by atoms with van der Waals surface area (Å²) in [5.41, 5.74) is 0.219. The first-order chi connectivity index (χ1) is 3.71. The molecule has 2 heteroatoms. The predicted molar refractivity (Wildman–Crippen MR) is 52.8 cm³/mol. The molecule has 0 aliphatic carbocycles. The van der Waals surface area contributed by atoms with Crippen LogP contribution in [0.1, 0.15) is 44.4 Å². The molecule has 10 heavy (non-hydrogen) atoms. The zero-order valence-corrected chi connectivity index (χ0v) is 10.4. The molecule has 0 aromatic carbocycles. The van der Waals surface area contributed by atoms with Crippen molar-refractivity contribution in [1.29, 1.82) is 0 Å². The van der Waals surface area contributed by atoms with Crippen molar-refractivity contribution >= 4 is 19.8 Å². The van der Waals surface area contributed by atoms with Crippen LogP contribution in [0.15, 0.2) is 0 Å². The van der Waals surface area contributed by atoms with E-state index in [2.05, 4.69) is 46.9 Å². The molecule has 0 unspecified atom stereocenters. The van der Waals surface area contributed by atoms with Gasteiger partial charge in [-0.25, -0.2) is 0 Å². The van der Waals surface area contributed by atoms with Crippen LogP contribution in [0.2, 0.25) is 0 Å². The standard InChI is InChI=1S/C8H18N.Ga.2H2/c1-7(2,3)9-8(4,5)6;;;/h1-6H3;;2*1H/q-1;;;. The second-order valence-electron chi connectivity index (χ2n) is 4.45. The summed E-state index contributed by atoms with van der Waals surface area (Å²) >= 11 is 0. The van der Waals surface area contributed by atoms with Gasteiger partial charge in [-0.15, -0.1) is 11.1 Å². The van der Waals surface area contributed by atoms with Crippen LogP contribution in [-0.2, 0) is 0 Å². The minimum atomic E-state index is 0. The third kappa shape index (κ3) is 11.4. The molecule has 0 aromatic rings. The molecule has 0 aromatic heterocycles. The molecule has 0 bridgehead atoms. The van der Waals surface area contributed by atoms with Crippen molar-refractivity contribution in [1.82, 2.24) is 0 Å². The van der Waals surface area contributed by atoms with Gasteiger partial charge >= 0.3 is 0 Å². The van der Waals surface area contributed by atoms with Crippen LogP contribution in [0.25, 0.3) is 5.32 Å². The molecule has 0 atom stereocenters. The largest absolute Gasteiger partial charge is 0.653 e. The summed E-state index contributed by atoms with van der Waals surface area (Å²) in [6, 6.07) is 0. The SMILES string of the molecule is CC(C)(C)[N-]C(C)(C)C.[Ga].[HH].[HH]. The molecular weight excluding hydrogens is 180 g/mol. The first-order valence-corrected chi connectivity index (χ1v) is 3.45. The van der Waals surface area contributed by atoms with E-state index >= 15 is 0 Å². The van der Waals surface area contributed by atoms with Crippen molar-refractivity contribution in [3.8, 4) is 0 Å². The van der Waals surface area contributed by atoms with E-state index in [1.54, 1.807) is 0 Å². The van der Waals surface area contributed by atoms with Crippen molar-refractivity contribution in [3.05, 3.63) is 5.32 Å². The van der Waals surface area contributed by atoms with Gasteiger partial charge in [0.15, 0.2) is 0 Å². The molecule has 0 spiro atoms. The van der Waals surface area contributed by atoms with Gasteiger partial charge < -0.3 is 5.32 Å². The third-order valence-electron chi connectivity index (χ3n) is 0.671. The Morgan fingerprint density at radius 3 is 1.00 bits per heavy atom. The van der Waals surface area contributed by atoms with Crippen LogP contribution >= 0.6 is 0 Å². The number of nitrogens with zero attached hydrogens (tertiary/aromatic N) is 1. The van der Waals surface area contributed by atoms with Crippen molar-refractivity contribution in [3.63, 3.8) is 0 Å². The summed E-state index contributed by atoms with van der Waals surface area (Å²) in [6.07, 6.45) is 0. The fourth-order valence-electron chi connectivity index (χ4n) is 1.01. The Morgan fingerprint density at radius 2 is 1.00 bits per heavy atom. The Balaban J connectivity index is -0.000000107. The Morgan fingerprint density at radius 1 is 0.800 bits per heavy atom. The predicted octanol–water partition coefficient (Wildman–Crippen LogP) is 3.07. The quantitative estimate of drug-likeness (QED) is 0.536. The van der Waals surface area contributed by atoms with E-state index in [4.69, 9.17) is 0 Å². The van der Waals surface area contributed by atoms with Crippen LogP contribution in [-0.4, -0.2) is 30.9 Å². The molecule has 0 saturated heterocycles. The average Bonchev–Trinajstić information content (AvgIpc) is 1.14. The van der Waals surface area contributed by atoms with Crippen molar-refractivity contribution < 1.29 is 2.85 Å². The second-order valence-corrected chi connectivity index (χ2v) is 4.45. The fourth-order valence-corrected chi connectivity index (χ4v) is 1.01. The average molecular weight is 202 g/mol. The first kappa shape index (κ1) is 13.2. The summed E-state index contributed by atoms with van der Waals surface area (Å²) in [4.78, 5) is 0. The molecule has 0 amide bonds. The zero-order chi connectivity index (χ0) is 7.71. The summed E-state index contributed by atoms with van der Waals surface area (Å²) in [5, 5.41) is 4.54. The smallest absolute Gasteiger partial charge is 0 e. The molecule has 0 N–H and O–H groups in total. The third-order valence-corrected chi connectivity index (χ3v) is 0.671. The van der Waals surface area contributed by atoms with Crippen LogP contribution < -0.4 is 0 Å². The monoisotopic (exact) mass is 201 g/mol. The van der Waals surface area contributed by atoms with E-state index in [9.17, 15) is 0 Å². The molecule has 0 aliphatic heterocycles. The fraction of sp³-hybridized carbons (Fsp3) is 1.00. The van der Waals surface area contributed by atoms with Crippen LogP contribution in [0.3, 0.4) is 0 Å². The Hall–Kier alpha value is 0.596. The van der Waals surface area contributed by atoms with Crippen LogP contribution in [0.4, 0.5) is 0 Å². The number of hydrogen-bond acceptors (Lipinski definition) is 0. The van der Waals surface area contributed by atoms with E-state index in [-0.39, 0.29) is 33.7 Å². The van der Waals surface area contributed by atoms with E-state index in [1.165, 1.54) is 0 Å². The molecular formula is C8H22GaN-. The van der Waals surface area contributed by atoms with Gasteiger partial charge in [0, 0.05) is 22.6 Å². The minimum absolute atomic E-state index is 0. The molecule has 1 nitrogen and oxygen atoms in total. The Kier molecular flexibility index (Phi) is 5.07. The maximum atomic E-state index is 4.54. The van der Waals surface area contributed by atoms with Crippen molar-refractivity contribution in [2.45, 2.75) is 52.6 Å². The van der Waals surface area contributed by atoms with Gasteiger partial charge in [0.25, 0.3) is 0 Å². The molecule has 0 heterocycles. The molecule has 0 saturated carbocycles. The van der Waals surface area contributed by atoms with Gasteiger partial charge in [-0.1, -0.05) is 41.5 Å². The van der Waals surface area contributed by atoms with Crippen molar-refractivity contribution in [2.24, 2.45) is 0 Å². The van der Waals surface area contributed by atoms with E-state index in [1.807, 2.05) is 0 Å². The molecule has 0 fully saturated rings. The van der Waals surface area contributed by atoms with E-state index in [0.29, 0.717) is 0 Å². The van der Waals surface area contributed by atoms with Gasteiger partial charge in [0.2, 0.25) is 0 Å². The topological polar surface area (TPSA) is 14.1 Å². The number of rotatable bonds is 0. The summed E-state index contributed by atoms with van der Waals surface area (Å²) < 4.78 is 0. The molecule has 0 rings (SSSR count). The van der Waals surface area contributed by atoms with Crippen LogP contribution in [0.5, 0.6) is 0 Å². The van der Waals surface area contributed by atoms with Gasteiger partial charge in [0.05, 0.1) is 0 Å². The Bertz CT molecular complexity index is 82.2. The second kappa shape index (κ2) is 3.84.